The Morgan fingerprint density at radius 3 is 2.83 bits per heavy atom. The van der Waals surface area contributed by atoms with E-state index in [-0.39, 0.29) is 11.9 Å². The van der Waals surface area contributed by atoms with Gasteiger partial charge in [-0.05, 0) is 30.7 Å². The van der Waals surface area contributed by atoms with Crippen LogP contribution >= 0.6 is 11.3 Å². The van der Waals surface area contributed by atoms with Crippen LogP contribution in [0.1, 0.15) is 21.6 Å². The molecule has 30 heavy (non-hydrogen) atoms. The molecule has 0 saturated heterocycles. The van der Waals surface area contributed by atoms with Gasteiger partial charge in [-0.25, -0.2) is 4.98 Å². The molecule has 5 aromatic rings. The monoisotopic (exact) mass is 414 g/mol. The van der Waals surface area contributed by atoms with E-state index in [1.807, 2.05) is 55.5 Å². The fourth-order valence-corrected chi connectivity index (χ4v) is 4.04. The van der Waals surface area contributed by atoms with E-state index < -0.39 is 0 Å². The van der Waals surface area contributed by atoms with Gasteiger partial charge in [-0.1, -0.05) is 36.4 Å². The summed E-state index contributed by atoms with van der Waals surface area (Å²) in [5.74, 6) is 0.588. The second kappa shape index (κ2) is 7.57. The summed E-state index contributed by atoms with van der Waals surface area (Å²) >= 11 is 1.41. The summed E-state index contributed by atoms with van der Waals surface area (Å²) in [5, 5.41) is 7.03. The van der Waals surface area contributed by atoms with Gasteiger partial charge in [0.15, 0.2) is 10.6 Å². The van der Waals surface area contributed by atoms with E-state index in [4.69, 9.17) is 0 Å². The Morgan fingerprint density at radius 2 is 1.97 bits per heavy atom. The SMILES string of the molecule is Cc1cc2c(C(=O)Nc3nc(NCc4ccccc4)c4ncsc4n3)cccc2[nH]1. The molecule has 5 rings (SSSR count). The van der Waals surface area contributed by atoms with Crippen LogP contribution in [0.3, 0.4) is 0 Å². The normalized spacial score (nSPS) is 11.1. The standard InChI is InChI=1S/C22H18N6OS/c1-13-10-16-15(8-5-9-17(16)25-13)20(29)27-22-26-19(18-21(28-22)30-12-24-18)23-11-14-6-3-2-4-7-14/h2-10,12,25H,11H2,1H3,(H2,23,26,27,28,29). The van der Waals surface area contributed by atoms with Crippen LogP contribution in [0.2, 0.25) is 0 Å². The van der Waals surface area contributed by atoms with Crippen LogP contribution < -0.4 is 10.6 Å². The van der Waals surface area contributed by atoms with Crippen molar-refractivity contribution in [2.45, 2.75) is 13.5 Å². The predicted octanol–water partition coefficient (Wildman–Crippen LogP) is 4.74. The second-order valence-corrected chi connectivity index (χ2v) is 7.75. The number of aromatic amines is 1. The molecule has 0 aliphatic heterocycles. The average molecular weight is 414 g/mol. The number of hydrogen-bond acceptors (Lipinski definition) is 6. The number of benzene rings is 2. The molecule has 0 radical (unpaired) electrons. The number of carbonyl (C=O) groups excluding carboxylic acids is 1. The number of H-pyrrole nitrogens is 1. The highest BCUT2D eigenvalue weighted by Crippen LogP contribution is 2.25. The summed E-state index contributed by atoms with van der Waals surface area (Å²) < 4.78 is 0. The number of aromatic nitrogens is 4. The van der Waals surface area contributed by atoms with Crippen LogP contribution in [0.5, 0.6) is 0 Å². The highest BCUT2D eigenvalue weighted by Gasteiger charge is 2.16. The number of amides is 1. The first kappa shape index (κ1) is 18.3. The van der Waals surface area contributed by atoms with Crippen molar-refractivity contribution >= 4 is 50.3 Å². The van der Waals surface area contributed by atoms with Gasteiger partial charge < -0.3 is 10.3 Å². The number of nitrogens with zero attached hydrogens (tertiary/aromatic N) is 3. The lowest BCUT2D eigenvalue weighted by Gasteiger charge is -2.09. The molecule has 2 aromatic carbocycles. The van der Waals surface area contributed by atoms with Crippen LogP contribution in [0.25, 0.3) is 21.3 Å². The quantitative estimate of drug-likeness (QED) is 0.386. The Kier molecular flexibility index (Phi) is 4.61. The molecule has 0 aliphatic carbocycles. The molecule has 0 aliphatic rings. The van der Waals surface area contributed by atoms with Crippen molar-refractivity contribution in [3.05, 3.63) is 76.9 Å². The molecule has 3 N–H and O–H groups in total. The molecular weight excluding hydrogens is 396 g/mol. The summed E-state index contributed by atoms with van der Waals surface area (Å²) in [6, 6.07) is 17.6. The van der Waals surface area contributed by atoms with E-state index in [0.29, 0.717) is 28.3 Å². The first-order valence-corrected chi connectivity index (χ1v) is 10.3. The van der Waals surface area contributed by atoms with E-state index in [0.717, 1.165) is 22.2 Å². The molecule has 0 fully saturated rings. The molecular formula is C22H18N6OS. The maximum absolute atomic E-state index is 13.0. The third-order valence-electron chi connectivity index (χ3n) is 4.77. The van der Waals surface area contributed by atoms with E-state index in [1.165, 1.54) is 11.3 Å². The zero-order valence-corrected chi connectivity index (χ0v) is 17.0. The Morgan fingerprint density at radius 1 is 1.10 bits per heavy atom. The maximum atomic E-state index is 13.0. The lowest BCUT2D eigenvalue weighted by atomic mass is 10.1. The average Bonchev–Trinajstić information content (AvgIpc) is 3.37. The first-order chi connectivity index (χ1) is 14.7. The minimum absolute atomic E-state index is 0.247. The molecule has 0 saturated carbocycles. The summed E-state index contributed by atoms with van der Waals surface area (Å²) in [7, 11) is 0. The first-order valence-electron chi connectivity index (χ1n) is 9.46. The van der Waals surface area contributed by atoms with Gasteiger partial charge in [0.2, 0.25) is 5.95 Å². The smallest absolute Gasteiger partial charge is 0.258 e. The van der Waals surface area contributed by atoms with Gasteiger partial charge in [0, 0.05) is 28.7 Å². The van der Waals surface area contributed by atoms with Crippen molar-refractivity contribution in [2.24, 2.45) is 0 Å². The summed E-state index contributed by atoms with van der Waals surface area (Å²) in [6.45, 7) is 2.56. The largest absolute Gasteiger partial charge is 0.364 e. The zero-order chi connectivity index (χ0) is 20.5. The van der Waals surface area contributed by atoms with Crippen molar-refractivity contribution in [1.82, 2.24) is 19.9 Å². The summed E-state index contributed by atoms with van der Waals surface area (Å²) in [5.41, 5.74) is 6.03. The number of rotatable bonds is 5. The molecule has 0 unspecified atom stereocenters. The number of thiazole rings is 1. The number of nitrogens with one attached hydrogen (secondary N) is 3. The van der Waals surface area contributed by atoms with Gasteiger partial charge in [0.05, 0.1) is 5.51 Å². The number of fused-ring (bicyclic) bond motifs is 2. The van der Waals surface area contributed by atoms with Crippen LogP contribution in [-0.2, 0) is 6.54 Å². The van der Waals surface area contributed by atoms with Crippen LogP contribution in [0, 0.1) is 6.92 Å². The Hall–Kier alpha value is -3.78. The molecule has 0 spiro atoms. The predicted molar refractivity (Wildman–Crippen MR) is 120 cm³/mol. The van der Waals surface area contributed by atoms with Gasteiger partial charge in [-0.15, -0.1) is 11.3 Å². The molecule has 148 valence electrons. The zero-order valence-electron chi connectivity index (χ0n) is 16.1. The van der Waals surface area contributed by atoms with E-state index in [9.17, 15) is 4.79 Å². The lowest BCUT2D eigenvalue weighted by molar-refractivity contribution is 0.102. The molecule has 8 heteroatoms. The fraction of sp³-hybridized carbons (Fsp3) is 0.0909. The van der Waals surface area contributed by atoms with Crippen molar-refractivity contribution < 1.29 is 4.79 Å². The number of carbonyl (C=O) groups is 1. The fourth-order valence-electron chi connectivity index (χ4n) is 3.38. The van der Waals surface area contributed by atoms with Crippen LogP contribution in [0.4, 0.5) is 11.8 Å². The highest BCUT2D eigenvalue weighted by atomic mass is 32.1. The van der Waals surface area contributed by atoms with Gasteiger partial charge >= 0.3 is 0 Å². The van der Waals surface area contributed by atoms with Gasteiger partial charge in [-0.3, -0.25) is 10.1 Å². The molecule has 3 aromatic heterocycles. The van der Waals surface area contributed by atoms with Gasteiger partial charge in [-0.2, -0.15) is 9.97 Å². The summed E-state index contributed by atoms with van der Waals surface area (Å²) in [6.07, 6.45) is 0. The molecule has 3 heterocycles. The maximum Gasteiger partial charge on any atom is 0.258 e. The van der Waals surface area contributed by atoms with E-state index >= 15 is 0 Å². The third kappa shape index (κ3) is 3.48. The summed E-state index contributed by atoms with van der Waals surface area (Å²) in [4.78, 5) is 30.3. The third-order valence-corrected chi connectivity index (χ3v) is 5.49. The van der Waals surface area contributed by atoms with E-state index in [2.05, 4.69) is 30.6 Å². The number of aryl methyl sites for hydroxylation is 1. The van der Waals surface area contributed by atoms with Crippen LogP contribution in [-0.4, -0.2) is 25.8 Å². The number of anilines is 2. The minimum Gasteiger partial charge on any atom is -0.364 e. The Balaban J connectivity index is 1.44. The molecule has 1 amide bonds. The topological polar surface area (TPSA) is 95.6 Å². The molecule has 7 nitrogen and oxygen atoms in total. The number of hydrogen-bond donors (Lipinski definition) is 3. The van der Waals surface area contributed by atoms with Crippen LogP contribution in [0.15, 0.2) is 60.1 Å². The van der Waals surface area contributed by atoms with Gasteiger partial charge in [0.1, 0.15) is 5.52 Å². The van der Waals surface area contributed by atoms with Crippen molar-refractivity contribution in [1.29, 1.82) is 0 Å². The highest BCUT2D eigenvalue weighted by molar-refractivity contribution is 7.16. The van der Waals surface area contributed by atoms with Crippen molar-refractivity contribution in [2.75, 3.05) is 10.6 Å². The van der Waals surface area contributed by atoms with Gasteiger partial charge in [0.25, 0.3) is 5.91 Å². The Bertz CT molecular complexity index is 1360. The second-order valence-electron chi connectivity index (χ2n) is 6.91. The molecule has 0 bridgehead atoms. The molecule has 0 atom stereocenters. The Labute approximate surface area is 176 Å². The minimum atomic E-state index is -0.252. The lowest BCUT2D eigenvalue weighted by Crippen LogP contribution is -2.15. The van der Waals surface area contributed by atoms with Crippen molar-refractivity contribution in [3.8, 4) is 0 Å². The van der Waals surface area contributed by atoms with E-state index in [1.54, 1.807) is 11.6 Å². The van der Waals surface area contributed by atoms with Crippen molar-refractivity contribution in [3.63, 3.8) is 0 Å².